The SMILES string of the molecule is NNC(=O)c1ccc2c(c1)COO2. The van der Waals surface area contributed by atoms with E-state index in [1.165, 1.54) is 0 Å². The average Bonchev–Trinajstić information content (AvgIpc) is 2.63. The summed E-state index contributed by atoms with van der Waals surface area (Å²) in [6.45, 7) is 0.362. The Bertz CT molecular complexity index is 351. The number of hydrazine groups is 1. The van der Waals surface area contributed by atoms with E-state index >= 15 is 0 Å². The van der Waals surface area contributed by atoms with E-state index in [-0.39, 0.29) is 5.91 Å². The van der Waals surface area contributed by atoms with Crippen LogP contribution >= 0.6 is 0 Å². The van der Waals surface area contributed by atoms with Gasteiger partial charge in [0.25, 0.3) is 5.91 Å². The number of carbonyl (C=O) groups is 1. The van der Waals surface area contributed by atoms with Gasteiger partial charge in [0.2, 0.25) is 0 Å². The van der Waals surface area contributed by atoms with Crippen molar-refractivity contribution in [3.63, 3.8) is 0 Å². The first-order valence-electron chi connectivity index (χ1n) is 3.74. The summed E-state index contributed by atoms with van der Waals surface area (Å²) in [6.07, 6.45) is 0. The van der Waals surface area contributed by atoms with Gasteiger partial charge in [-0.3, -0.25) is 10.2 Å². The Morgan fingerprint density at radius 2 is 2.38 bits per heavy atom. The number of carbonyl (C=O) groups excluding carboxylic acids is 1. The molecule has 0 atom stereocenters. The molecule has 0 fully saturated rings. The molecule has 0 radical (unpaired) electrons. The smallest absolute Gasteiger partial charge is 0.265 e. The topological polar surface area (TPSA) is 73.6 Å². The highest BCUT2D eigenvalue weighted by atomic mass is 17.2. The Balaban J connectivity index is 2.36. The molecule has 1 aliphatic rings. The molecule has 3 N–H and O–H groups in total. The summed E-state index contributed by atoms with van der Waals surface area (Å²) in [5.74, 6) is 5.31. The highest BCUT2D eigenvalue weighted by molar-refractivity contribution is 5.94. The van der Waals surface area contributed by atoms with Gasteiger partial charge in [-0.05, 0) is 18.2 Å². The maximum absolute atomic E-state index is 11.1. The predicted octanol–water partition coefficient (Wildman–Crippen LogP) is 0.114. The molecule has 0 aliphatic carbocycles. The fourth-order valence-corrected chi connectivity index (χ4v) is 1.15. The third-order valence-electron chi connectivity index (χ3n) is 1.82. The molecule has 0 spiro atoms. The van der Waals surface area contributed by atoms with Gasteiger partial charge in [0.1, 0.15) is 6.61 Å². The molecular formula is C8H8N2O3. The lowest BCUT2D eigenvalue weighted by molar-refractivity contribution is -0.194. The fourth-order valence-electron chi connectivity index (χ4n) is 1.15. The molecule has 68 valence electrons. The summed E-state index contributed by atoms with van der Waals surface area (Å²) in [4.78, 5) is 20.6. The van der Waals surface area contributed by atoms with Crippen LogP contribution in [-0.2, 0) is 11.5 Å². The zero-order valence-electron chi connectivity index (χ0n) is 6.74. The Morgan fingerprint density at radius 3 is 3.15 bits per heavy atom. The number of amides is 1. The van der Waals surface area contributed by atoms with Gasteiger partial charge in [0, 0.05) is 11.1 Å². The van der Waals surface area contributed by atoms with E-state index in [0.29, 0.717) is 17.9 Å². The van der Waals surface area contributed by atoms with Gasteiger partial charge in [-0.15, -0.1) is 0 Å². The summed E-state index contributed by atoms with van der Waals surface area (Å²) in [5.41, 5.74) is 3.40. The lowest BCUT2D eigenvalue weighted by Gasteiger charge is -1.99. The summed E-state index contributed by atoms with van der Waals surface area (Å²) in [7, 11) is 0. The van der Waals surface area contributed by atoms with Crippen LogP contribution in [0.5, 0.6) is 5.75 Å². The lowest BCUT2D eigenvalue weighted by atomic mass is 10.1. The molecule has 1 aromatic carbocycles. The van der Waals surface area contributed by atoms with Gasteiger partial charge >= 0.3 is 0 Å². The summed E-state index contributed by atoms with van der Waals surface area (Å²) in [5, 5.41) is 0. The first-order chi connectivity index (χ1) is 6.31. The van der Waals surface area contributed by atoms with Crippen LogP contribution in [0.25, 0.3) is 0 Å². The predicted molar refractivity (Wildman–Crippen MR) is 43.5 cm³/mol. The second-order valence-electron chi connectivity index (χ2n) is 2.64. The summed E-state index contributed by atoms with van der Waals surface area (Å²) in [6, 6.07) is 4.98. The van der Waals surface area contributed by atoms with Crippen LogP contribution in [0.3, 0.4) is 0 Å². The minimum absolute atomic E-state index is 0.324. The zero-order chi connectivity index (χ0) is 9.26. The van der Waals surface area contributed by atoms with Crippen molar-refractivity contribution in [2.75, 3.05) is 0 Å². The number of nitrogen functional groups attached to an aromatic ring is 1. The maximum atomic E-state index is 11.1. The van der Waals surface area contributed by atoms with Crippen LogP contribution in [0.15, 0.2) is 18.2 Å². The van der Waals surface area contributed by atoms with Gasteiger partial charge in [0.15, 0.2) is 5.75 Å². The Hall–Kier alpha value is -1.59. The van der Waals surface area contributed by atoms with Crippen molar-refractivity contribution in [2.24, 2.45) is 5.84 Å². The van der Waals surface area contributed by atoms with Gasteiger partial charge in [0.05, 0.1) is 0 Å². The van der Waals surface area contributed by atoms with Crippen molar-refractivity contribution in [2.45, 2.75) is 6.61 Å². The second-order valence-corrected chi connectivity index (χ2v) is 2.64. The number of rotatable bonds is 1. The van der Waals surface area contributed by atoms with Crippen molar-refractivity contribution in [3.05, 3.63) is 29.3 Å². The van der Waals surface area contributed by atoms with Crippen LogP contribution < -0.4 is 16.2 Å². The quantitative estimate of drug-likeness (QED) is 0.278. The fraction of sp³-hybridized carbons (Fsp3) is 0.125. The Kier molecular flexibility index (Phi) is 1.88. The number of benzene rings is 1. The van der Waals surface area contributed by atoms with Crippen molar-refractivity contribution in [1.82, 2.24) is 5.43 Å². The van der Waals surface area contributed by atoms with Crippen molar-refractivity contribution in [3.8, 4) is 5.75 Å². The van der Waals surface area contributed by atoms with Crippen LogP contribution in [0.4, 0.5) is 0 Å². The van der Waals surface area contributed by atoms with Gasteiger partial charge in [-0.1, -0.05) is 0 Å². The standard InChI is InChI=1S/C8H8N2O3/c9-10-8(11)5-1-2-7-6(3-5)4-12-13-7/h1-3H,4,9H2,(H,10,11). The molecule has 13 heavy (non-hydrogen) atoms. The van der Waals surface area contributed by atoms with Crippen LogP contribution in [0.2, 0.25) is 0 Å². The zero-order valence-corrected chi connectivity index (χ0v) is 6.74. The molecule has 0 bridgehead atoms. The molecule has 1 heterocycles. The lowest BCUT2D eigenvalue weighted by Crippen LogP contribution is -2.29. The van der Waals surface area contributed by atoms with Crippen LogP contribution in [0.1, 0.15) is 15.9 Å². The molecular weight excluding hydrogens is 172 g/mol. The van der Waals surface area contributed by atoms with E-state index in [1.807, 2.05) is 0 Å². The third kappa shape index (κ3) is 1.34. The van der Waals surface area contributed by atoms with E-state index in [2.05, 4.69) is 5.43 Å². The molecule has 0 saturated heterocycles. The largest absolute Gasteiger partial charge is 0.337 e. The van der Waals surface area contributed by atoms with E-state index in [4.69, 9.17) is 15.6 Å². The van der Waals surface area contributed by atoms with Gasteiger partial charge in [-0.2, -0.15) is 4.89 Å². The number of hydrogen-bond donors (Lipinski definition) is 2. The number of nitrogens with two attached hydrogens (primary N) is 1. The minimum Gasteiger partial charge on any atom is -0.337 e. The van der Waals surface area contributed by atoms with E-state index in [0.717, 1.165) is 5.56 Å². The second kappa shape index (κ2) is 3.04. The number of hydrogen-bond acceptors (Lipinski definition) is 4. The highest BCUT2D eigenvalue weighted by Crippen LogP contribution is 2.26. The number of nitrogens with one attached hydrogen (secondary N) is 1. The van der Waals surface area contributed by atoms with Crippen molar-refractivity contribution < 1.29 is 14.6 Å². The van der Waals surface area contributed by atoms with Crippen molar-refractivity contribution in [1.29, 1.82) is 0 Å². The van der Waals surface area contributed by atoms with E-state index in [9.17, 15) is 4.79 Å². The summed E-state index contributed by atoms with van der Waals surface area (Å²) < 4.78 is 0. The molecule has 0 aromatic heterocycles. The number of fused-ring (bicyclic) bond motifs is 1. The molecule has 1 aromatic rings. The normalized spacial score (nSPS) is 13.3. The minimum atomic E-state index is -0.324. The molecule has 0 saturated carbocycles. The Morgan fingerprint density at radius 1 is 1.54 bits per heavy atom. The molecule has 1 aliphatic heterocycles. The highest BCUT2D eigenvalue weighted by Gasteiger charge is 2.15. The molecule has 1 amide bonds. The van der Waals surface area contributed by atoms with Gasteiger partial charge in [-0.25, -0.2) is 5.84 Å². The van der Waals surface area contributed by atoms with E-state index in [1.54, 1.807) is 18.2 Å². The summed E-state index contributed by atoms with van der Waals surface area (Å²) >= 11 is 0. The first kappa shape index (κ1) is 8.03. The first-order valence-corrected chi connectivity index (χ1v) is 3.74. The average molecular weight is 180 g/mol. The monoisotopic (exact) mass is 180 g/mol. The molecule has 2 rings (SSSR count). The third-order valence-corrected chi connectivity index (χ3v) is 1.82. The maximum Gasteiger partial charge on any atom is 0.265 e. The molecule has 0 unspecified atom stereocenters. The van der Waals surface area contributed by atoms with Crippen LogP contribution in [0, 0.1) is 0 Å². The van der Waals surface area contributed by atoms with Crippen LogP contribution in [-0.4, -0.2) is 5.91 Å². The molecule has 5 nitrogen and oxygen atoms in total. The Labute approximate surface area is 74.3 Å². The van der Waals surface area contributed by atoms with Gasteiger partial charge < -0.3 is 4.89 Å². The van der Waals surface area contributed by atoms with E-state index < -0.39 is 0 Å². The van der Waals surface area contributed by atoms with Crippen molar-refractivity contribution >= 4 is 5.91 Å². The molecule has 5 heteroatoms.